The molecule has 0 unspecified atom stereocenters. The van der Waals surface area contributed by atoms with Gasteiger partial charge in [0.2, 0.25) is 5.91 Å². The van der Waals surface area contributed by atoms with Crippen molar-refractivity contribution in [3.05, 3.63) is 55.5 Å². The van der Waals surface area contributed by atoms with Crippen LogP contribution in [0.2, 0.25) is 0 Å². The lowest BCUT2D eigenvalue weighted by Crippen LogP contribution is -2.36. The van der Waals surface area contributed by atoms with Gasteiger partial charge in [0.05, 0.1) is 22.2 Å². The molecule has 1 aliphatic rings. The number of nitrogens with one attached hydrogen (secondary N) is 1. The van der Waals surface area contributed by atoms with Crippen LogP contribution in [0, 0.1) is 17.4 Å². The average molecular weight is 580 g/mol. The highest BCUT2D eigenvalue weighted by Gasteiger charge is 2.36. The highest BCUT2D eigenvalue weighted by atomic mass is 127. The molecule has 1 heterocycles. The summed E-state index contributed by atoms with van der Waals surface area (Å²) in [6, 6.07) is 9.26. The minimum atomic E-state index is -0.499. The molecular weight excluding hydrogens is 555 g/mol. The Morgan fingerprint density at radius 3 is 2.64 bits per heavy atom. The second-order valence-corrected chi connectivity index (χ2v) is 9.67. The van der Waals surface area contributed by atoms with Crippen LogP contribution in [-0.2, 0) is 9.59 Å². The van der Waals surface area contributed by atoms with Crippen molar-refractivity contribution in [3.63, 3.8) is 0 Å². The van der Waals surface area contributed by atoms with Gasteiger partial charge in [-0.15, -0.1) is 0 Å². The Balaban J connectivity index is 1.75. The summed E-state index contributed by atoms with van der Waals surface area (Å²) in [6.07, 6.45) is 2.49. The standard InChI is InChI=1S/C24H25IN2O5S/c1-5-8-32-22-17(25)10-16(11-19(22)31-4)12-20-23(29)27(24(30)33-20)13-21(28)26-18-7-6-14(2)9-15(18)3/h6-7,9-12H,5,8,13H2,1-4H3,(H,26,28)/b20-12-. The lowest BCUT2D eigenvalue weighted by atomic mass is 10.1. The van der Waals surface area contributed by atoms with Crippen molar-refractivity contribution in [2.24, 2.45) is 0 Å². The van der Waals surface area contributed by atoms with Crippen LogP contribution >= 0.6 is 34.4 Å². The summed E-state index contributed by atoms with van der Waals surface area (Å²) in [4.78, 5) is 39.0. The number of anilines is 1. The normalized spacial score (nSPS) is 14.7. The van der Waals surface area contributed by atoms with Gasteiger partial charge in [0.1, 0.15) is 6.54 Å². The molecule has 1 N–H and O–H groups in total. The van der Waals surface area contributed by atoms with Crippen LogP contribution < -0.4 is 14.8 Å². The molecule has 0 bridgehead atoms. The average Bonchev–Trinajstić information content (AvgIpc) is 3.02. The summed E-state index contributed by atoms with van der Waals surface area (Å²) in [6.45, 7) is 6.09. The second-order valence-electron chi connectivity index (χ2n) is 7.52. The topological polar surface area (TPSA) is 84.9 Å². The first-order valence-corrected chi connectivity index (χ1v) is 12.3. The van der Waals surface area contributed by atoms with E-state index in [1.54, 1.807) is 25.3 Å². The largest absolute Gasteiger partial charge is 0.493 e. The van der Waals surface area contributed by atoms with Crippen LogP contribution in [0.25, 0.3) is 6.08 Å². The minimum absolute atomic E-state index is 0.249. The molecule has 3 rings (SSSR count). The molecule has 3 amide bonds. The molecule has 7 nitrogen and oxygen atoms in total. The second kappa shape index (κ2) is 11.1. The van der Waals surface area contributed by atoms with Gasteiger partial charge >= 0.3 is 0 Å². The van der Waals surface area contributed by atoms with Gasteiger partial charge < -0.3 is 14.8 Å². The van der Waals surface area contributed by atoms with E-state index in [4.69, 9.17) is 9.47 Å². The third kappa shape index (κ3) is 6.08. The van der Waals surface area contributed by atoms with E-state index >= 15 is 0 Å². The van der Waals surface area contributed by atoms with Gasteiger partial charge in [0, 0.05) is 5.69 Å². The maximum atomic E-state index is 12.8. The number of thioether (sulfide) groups is 1. The molecule has 0 aliphatic carbocycles. The van der Waals surface area contributed by atoms with Gasteiger partial charge in [-0.2, -0.15) is 0 Å². The summed E-state index contributed by atoms with van der Waals surface area (Å²) < 4.78 is 12.0. The quantitative estimate of drug-likeness (QED) is 0.334. The van der Waals surface area contributed by atoms with Crippen LogP contribution in [0.15, 0.2) is 35.2 Å². The van der Waals surface area contributed by atoms with Gasteiger partial charge in [0.25, 0.3) is 11.1 Å². The maximum Gasteiger partial charge on any atom is 0.294 e. The van der Waals surface area contributed by atoms with Crippen molar-refractivity contribution in [2.45, 2.75) is 27.2 Å². The van der Waals surface area contributed by atoms with Crippen molar-refractivity contribution in [3.8, 4) is 11.5 Å². The van der Waals surface area contributed by atoms with Crippen LogP contribution in [0.1, 0.15) is 30.0 Å². The maximum absolute atomic E-state index is 12.8. The number of ether oxygens (including phenoxy) is 2. The zero-order valence-corrected chi connectivity index (χ0v) is 21.8. The zero-order chi connectivity index (χ0) is 24.1. The van der Waals surface area contributed by atoms with E-state index in [1.807, 2.05) is 39.0 Å². The number of aryl methyl sites for hydroxylation is 2. The molecule has 174 valence electrons. The number of hydrogen-bond acceptors (Lipinski definition) is 6. The summed E-state index contributed by atoms with van der Waals surface area (Å²) in [5.41, 5.74) is 3.34. The van der Waals surface area contributed by atoms with Gasteiger partial charge in [-0.3, -0.25) is 19.3 Å². The lowest BCUT2D eigenvalue weighted by molar-refractivity contribution is -0.127. The number of hydrogen-bond donors (Lipinski definition) is 1. The van der Waals surface area contributed by atoms with Crippen LogP contribution in [0.5, 0.6) is 11.5 Å². The highest BCUT2D eigenvalue weighted by Crippen LogP contribution is 2.37. The molecule has 0 spiro atoms. The summed E-state index contributed by atoms with van der Waals surface area (Å²) in [5, 5.41) is 2.29. The van der Waals surface area contributed by atoms with E-state index < -0.39 is 17.1 Å². The molecule has 33 heavy (non-hydrogen) atoms. The van der Waals surface area contributed by atoms with Crippen LogP contribution in [0.4, 0.5) is 10.5 Å². The van der Waals surface area contributed by atoms with Crippen molar-refractivity contribution in [1.29, 1.82) is 0 Å². The molecule has 0 saturated carbocycles. The van der Waals surface area contributed by atoms with Gasteiger partial charge in [-0.05, 0) is 90.0 Å². The van der Waals surface area contributed by atoms with Gasteiger partial charge in [-0.1, -0.05) is 24.6 Å². The molecule has 2 aromatic rings. The van der Waals surface area contributed by atoms with Crippen LogP contribution in [0.3, 0.4) is 0 Å². The number of carbonyl (C=O) groups excluding carboxylic acids is 3. The predicted molar refractivity (Wildman–Crippen MR) is 139 cm³/mol. The monoisotopic (exact) mass is 580 g/mol. The molecule has 0 radical (unpaired) electrons. The van der Waals surface area contributed by atoms with Crippen molar-refractivity contribution >= 4 is 63.2 Å². The van der Waals surface area contributed by atoms with E-state index in [9.17, 15) is 14.4 Å². The number of carbonyl (C=O) groups is 3. The Morgan fingerprint density at radius 1 is 1.21 bits per heavy atom. The Morgan fingerprint density at radius 2 is 1.97 bits per heavy atom. The molecule has 0 aromatic heterocycles. The third-order valence-electron chi connectivity index (χ3n) is 4.83. The third-order valence-corrected chi connectivity index (χ3v) is 6.54. The number of nitrogens with zero attached hydrogens (tertiary/aromatic N) is 1. The summed E-state index contributed by atoms with van der Waals surface area (Å²) in [5.74, 6) is 0.266. The van der Waals surface area contributed by atoms with E-state index in [1.165, 1.54) is 0 Å². The smallest absolute Gasteiger partial charge is 0.294 e. The van der Waals surface area contributed by atoms with Gasteiger partial charge in [0.15, 0.2) is 11.5 Å². The molecule has 1 saturated heterocycles. The summed E-state index contributed by atoms with van der Waals surface area (Å²) >= 11 is 2.96. The Hall–Kier alpha value is -2.53. The molecule has 9 heteroatoms. The first-order chi connectivity index (χ1) is 15.7. The van der Waals surface area contributed by atoms with E-state index in [0.717, 1.165) is 37.8 Å². The number of benzene rings is 2. The fourth-order valence-corrected chi connectivity index (χ4v) is 4.86. The minimum Gasteiger partial charge on any atom is -0.493 e. The number of rotatable bonds is 8. The fourth-order valence-electron chi connectivity index (χ4n) is 3.24. The molecule has 0 atom stereocenters. The number of imide groups is 1. The fraction of sp³-hybridized carbons (Fsp3) is 0.292. The SMILES string of the molecule is CCCOc1c(I)cc(/C=C2\SC(=O)N(CC(=O)Nc3ccc(C)cc3C)C2=O)cc1OC. The first kappa shape index (κ1) is 25.1. The molecule has 2 aromatic carbocycles. The molecule has 1 aliphatic heterocycles. The first-order valence-electron chi connectivity index (χ1n) is 10.4. The number of amides is 3. The van der Waals surface area contributed by atoms with E-state index in [-0.39, 0.29) is 11.4 Å². The lowest BCUT2D eigenvalue weighted by Gasteiger charge is -2.14. The zero-order valence-electron chi connectivity index (χ0n) is 18.9. The van der Waals surface area contributed by atoms with Crippen molar-refractivity contribution < 1.29 is 23.9 Å². The number of halogens is 1. The Bertz CT molecular complexity index is 1130. The van der Waals surface area contributed by atoms with Crippen molar-refractivity contribution in [2.75, 3.05) is 25.6 Å². The number of methoxy groups -OCH3 is 1. The van der Waals surface area contributed by atoms with Crippen LogP contribution in [-0.4, -0.2) is 42.2 Å². The Kier molecular flexibility index (Phi) is 8.41. The van der Waals surface area contributed by atoms with E-state index in [2.05, 4.69) is 27.9 Å². The van der Waals surface area contributed by atoms with E-state index in [0.29, 0.717) is 29.4 Å². The molecule has 1 fully saturated rings. The summed E-state index contributed by atoms with van der Waals surface area (Å²) in [7, 11) is 1.55. The van der Waals surface area contributed by atoms with Crippen molar-refractivity contribution in [1.82, 2.24) is 4.90 Å². The van der Waals surface area contributed by atoms with Gasteiger partial charge in [-0.25, -0.2) is 0 Å². The molecular formula is C24H25IN2O5S. The predicted octanol–water partition coefficient (Wildman–Crippen LogP) is 5.38. The Labute approximate surface area is 211 Å². The highest BCUT2D eigenvalue weighted by molar-refractivity contribution is 14.1.